The zero-order chi connectivity index (χ0) is 16.1. The van der Waals surface area contributed by atoms with E-state index in [-0.39, 0.29) is 5.60 Å². The van der Waals surface area contributed by atoms with Crippen molar-refractivity contribution >= 4 is 0 Å². The molecule has 0 aromatic carbocycles. The van der Waals surface area contributed by atoms with E-state index in [1.165, 1.54) is 0 Å². The van der Waals surface area contributed by atoms with Crippen LogP contribution in [0.15, 0.2) is 0 Å². The Morgan fingerprint density at radius 3 is 2.24 bits per heavy atom. The van der Waals surface area contributed by atoms with E-state index in [4.69, 9.17) is 9.47 Å². The van der Waals surface area contributed by atoms with Crippen LogP contribution in [-0.4, -0.2) is 49.0 Å². The molecule has 1 aliphatic heterocycles. The molecule has 1 fully saturated rings. The molecular formula is C18H37NO2. The van der Waals surface area contributed by atoms with Crippen LogP contribution >= 0.6 is 0 Å². The number of ether oxygens (including phenoxy) is 2. The summed E-state index contributed by atoms with van der Waals surface area (Å²) in [5.41, 5.74) is 0.342. The molecule has 21 heavy (non-hydrogen) atoms. The first kappa shape index (κ1) is 18.9. The Kier molecular flexibility index (Phi) is 7.15. The lowest BCUT2D eigenvalue weighted by atomic mass is 9.93. The van der Waals surface area contributed by atoms with Gasteiger partial charge >= 0.3 is 0 Å². The van der Waals surface area contributed by atoms with Crippen LogP contribution in [0.4, 0.5) is 0 Å². The molecule has 0 N–H and O–H groups in total. The first-order chi connectivity index (χ1) is 9.57. The van der Waals surface area contributed by atoms with Crippen LogP contribution in [0.5, 0.6) is 0 Å². The Morgan fingerprint density at radius 1 is 1.05 bits per heavy atom. The van der Waals surface area contributed by atoms with Crippen molar-refractivity contribution in [1.82, 2.24) is 4.90 Å². The third-order valence-corrected chi connectivity index (χ3v) is 4.08. The van der Waals surface area contributed by atoms with Crippen molar-refractivity contribution in [3.63, 3.8) is 0 Å². The Balaban J connectivity index is 2.21. The second-order valence-electron chi connectivity index (χ2n) is 8.67. The van der Waals surface area contributed by atoms with Crippen LogP contribution in [0.2, 0.25) is 0 Å². The van der Waals surface area contributed by atoms with Gasteiger partial charge in [0, 0.05) is 25.7 Å². The SMILES string of the molecule is CC1CC(OCCC(C)(C)C)CCN1CCOC(C)(C)C. The van der Waals surface area contributed by atoms with Gasteiger partial charge in [0.05, 0.1) is 18.3 Å². The second-order valence-corrected chi connectivity index (χ2v) is 8.67. The minimum atomic E-state index is -0.0301. The van der Waals surface area contributed by atoms with Gasteiger partial charge in [-0.15, -0.1) is 0 Å². The Bertz CT molecular complexity index is 291. The quantitative estimate of drug-likeness (QED) is 0.737. The molecule has 0 amide bonds. The molecule has 3 nitrogen and oxygen atoms in total. The van der Waals surface area contributed by atoms with Crippen molar-refractivity contribution in [2.75, 3.05) is 26.3 Å². The van der Waals surface area contributed by atoms with Crippen LogP contribution in [0.25, 0.3) is 0 Å². The maximum Gasteiger partial charge on any atom is 0.0602 e. The molecule has 1 heterocycles. The normalized spacial score (nSPS) is 25.3. The summed E-state index contributed by atoms with van der Waals surface area (Å²) in [5.74, 6) is 0. The molecule has 1 rings (SSSR count). The fourth-order valence-corrected chi connectivity index (χ4v) is 2.66. The second kappa shape index (κ2) is 7.94. The summed E-state index contributed by atoms with van der Waals surface area (Å²) in [6.45, 7) is 19.4. The summed E-state index contributed by atoms with van der Waals surface area (Å²) < 4.78 is 11.9. The van der Waals surface area contributed by atoms with Gasteiger partial charge in [0.25, 0.3) is 0 Å². The highest BCUT2D eigenvalue weighted by Crippen LogP contribution is 2.23. The number of hydrogen-bond acceptors (Lipinski definition) is 3. The first-order valence-corrected chi connectivity index (χ1v) is 8.56. The lowest BCUT2D eigenvalue weighted by Crippen LogP contribution is -2.45. The van der Waals surface area contributed by atoms with Crippen molar-refractivity contribution in [3.05, 3.63) is 0 Å². The van der Waals surface area contributed by atoms with Crippen LogP contribution in [0, 0.1) is 5.41 Å². The lowest BCUT2D eigenvalue weighted by Gasteiger charge is -2.38. The molecule has 0 bridgehead atoms. The van der Waals surface area contributed by atoms with Crippen LogP contribution in [0.1, 0.15) is 67.7 Å². The molecule has 3 heteroatoms. The van der Waals surface area contributed by atoms with Gasteiger partial charge in [-0.05, 0) is 52.4 Å². The summed E-state index contributed by atoms with van der Waals surface area (Å²) in [6, 6.07) is 0.599. The lowest BCUT2D eigenvalue weighted by molar-refractivity contribution is -0.0447. The van der Waals surface area contributed by atoms with E-state index >= 15 is 0 Å². The van der Waals surface area contributed by atoms with Gasteiger partial charge < -0.3 is 9.47 Å². The van der Waals surface area contributed by atoms with Gasteiger partial charge in [-0.2, -0.15) is 0 Å². The van der Waals surface area contributed by atoms with Gasteiger partial charge in [-0.25, -0.2) is 0 Å². The highest BCUT2D eigenvalue weighted by molar-refractivity contribution is 4.79. The van der Waals surface area contributed by atoms with Crippen molar-refractivity contribution in [2.45, 2.75) is 85.5 Å². The molecule has 2 atom stereocenters. The molecule has 126 valence electrons. The highest BCUT2D eigenvalue weighted by atomic mass is 16.5. The Labute approximate surface area is 132 Å². The average molecular weight is 299 g/mol. The number of hydrogen-bond donors (Lipinski definition) is 0. The van der Waals surface area contributed by atoms with Crippen molar-refractivity contribution < 1.29 is 9.47 Å². The molecule has 1 saturated heterocycles. The van der Waals surface area contributed by atoms with Gasteiger partial charge in [0.15, 0.2) is 0 Å². The molecule has 0 saturated carbocycles. The summed E-state index contributed by atoms with van der Waals surface area (Å²) in [7, 11) is 0. The van der Waals surface area contributed by atoms with Crippen molar-refractivity contribution in [1.29, 1.82) is 0 Å². The summed E-state index contributed by atoms with van der Waals surface area (Å²) in [5, 5.41) is 0. The van der Waals surface area contributed by atoms with Crippen LogP contribution in [-0.2, 0) is 9.47 Å². The fourth-order valence-electron chi connectivity index (χ4n) is 2.66. The van der Waals surface area contributed by atoms with E-state index in [2.05, 4.69) is 53.4 Å². The molecule has 2 unspecified atom stereocenters. The molecule has 0 radical (unpaired) electrons. The first-order valence-electron chi connectivity index (χ1n) is 8.56. The van der Waals surface area contributed by atoms with E-state index < -0.39 is 0 Å². The summed E-state index contributed by atoms with van der Waals surface area (Å²) in [4.78, 5) is 2.54. The minimum absolute atomic E-state index is 0.0301. The van der Waals surface area contributed by atoms with Gasteiger partial charge in [0.2, 0.25) is 0 Å². The average Bonchev–Trinajstić information content (AvgIpc) is 2.28. The number of rotatable bonds is 6. The van der Waals surface area contributed by atoms with Gasteiger partial charge in [-0.3, -0.25) is 4.90 Å². The van der Waals surface area contributed by atoms with Crippen molar-refractivity contribution in [3.8, 4) is 0 Å². The van der Waals surface area contributed by atoms with Gasteiger partial charge in [0.1, 0.15) is 0 Å². The van der Waals surface area contributed by atoms with Crippen molar-refractivity contribution in [2.24, 2.45) is 5.41 Å². The maximum atomic E-state index is 6.08. The van der Waals surface area contributed by atoms with Crippen LogP contribution in [0.3, 0.4) is 0 Å². The fraction of sp³-hybridized carbons (Fsp3) is 1.00. The third-order valence-electron chi connectivity index (χ3n) is 4.08. The standard InChI is InChI=1S/C18H37NO2/c1-15-14-16(20-12-9-17(2,3)4)8-10-19(15)11-13-21-18(5,6)7/h15-16H,8-14H2,1-7H3. The Hall–Kier alpha value is -0.120. The molecule has 1 aliphatic rings. The van der Waals surface area contributed by atoms with E-state index in [9.17, 15) is 0 Å². The highest BCUT2D eigenvalue weighted by Gasteiger charge is 2.26. The predicted octanol–water partition coefficient (Wildman–Crippen LogP) is 4.11. The topological polar surface area (TPSA) is 21.7 Å². The van der Waals surface area contributed by atoms with Gasteiger partial charge in [-0.1, -0.05) is 20.8 Å². The number of piperidine rings is 1. The zero-order valence-corrected chi connectivity index (χ0v) is 15.4. The van der Waals surface area contributed by atoms with E-state index in [0.29, 0.717) is 17.6 Å². The smallest absolute Gasteiger partial charge is 0.0602 e. The van der Waals surface area contributed by atoms with Crippen LogP contribution < -0.4 is 0 Å². The monoisotopic (exact) mass is 299 g/mol. The molecular weight excluding hydrogens is 262 g/mol. The third kappa shape index (κ3) is 8.80. The summed E-state index contributed by atoms with van der Waals surface area (Å²) in [6.07, 6.45) is 3.90. The largest absolute Gasteiger partial charge is 0.378 e. The number of likely N-dealkylation sites (tertiary alicyclic amines) is 1. The number of nitrogens with zero attached hydrogens (tertiary/aromatic N) is 1. The Morgan fingerprint density at radius 2 is 1.71 bits per heavy atom. The molecule has 0 spiro atoms. The minimum Gasteiger partial charge on any atom is -0.378 e. The van der Waals surface area contributed by atoms with E-state index in [1.54, 1.807) is 0 Å². The molecule has 0 aliphatic carbocycles. The molecule has 0 aromatic rings. The maximum absolute atomic E-state index is 6.08. The van der Waals surface area contributed by atoms with E-state index in [1.807, 2.05) is 0 Å². The predicted molar refractivity (Wildman–Crippen MR) is 89.8 cm³/mol. The van der Waals surface area contributed by atoms with E-state index in [0.717, 1.165) is 45.6 Å². The summed E-state index contributed by atoms with van der Waals surface area (Å²) >= 11 is 0. The molecule has 0 aromatic heterocycles. The zero-order valence-electron chi connectivity index (χ0n) is 15.4.